The molecule has 26 heteroatoms. The van der Waals surface area contributed by atoms with Gasteiger partial charge in [0.05, 0.1) is 12.1 Å². The number of nitrogens with one attached hydrogen (secondary N) is 2. The normalized spacial score (nSPS) is 19.6. The van der Waals surface area contributed by atoms with E-state index in [4.69, 9.17) is 29.6 Å². The van der Waals surface area contributed by atoms with E-state index < -0.39 is 28.0 Å². The van der Waals surface area contributed by atoms with Crippen LogP contribution in [0.3, 0.4) is 0 Å². The zero-order chi connectivity index (χ0) is 77.1. The van der Waals surface area contributed by atoms with Gasteiger partial charge in [0.15, 0.2) is 22.6 Å². The summed E-state index contributed by atoms with van der Waals surface area (Å²) in [5.41, 5.74) is 11.3. The van der Waals surface area contributed by atoms with Crippen molar-refractivity contribution in [2.45, 2.75) is 235 Å². The second-order valence-corrected chi connectivity index (χ2v) is 32.2. The second-order valence-electron chi connectivity index (χ2n) is 32.2. The summed E-state index contributed by atoms with van der Waals surface area (Å²) in [6, 6.07) is 20.0. The molecule has 9 heterocycles. The number of amides is 5. The van der Waals surface area contributed by atoms with Crippen molar-refractivity contribution >= 4 is 70.5 Å². The van der Waals surface area contributed by atoms with Crippen LogP contribution in [0.5, 0.6) is 0 Å². The van der Waals surface area contributed by atoms with Gasteiger partial charge in [-0.3, -0.25) is 29.0 Å². The van der Waals surface area contributed by atoms with E-state index >= 15 is 0 Å². The maximum atomic E-state index is 14.0. The Kier molecular flexibility index (Phi) is 30.1. The number of hydrogen-bond acceptors (Lipinski definition) is 20. The smallest absolute Gasteiger partial charge is 0.410 e. The molecule has 107 heavy (non-hydrogen) atoms. The first-order valence-corrected chi connectivity index (χ1v) is 36.6. The van der Waals surface area contributed by atoms with E-state index in [0.29, 0.717) is 60.1 Å². The maximum absolute atomic E-state index is 14.0. The van der Waals surface area contributed by atoms with Crippen LogP contribution in [-0.2, 0) is 54.5 Å². The SMILES string of the molecule is CC(C)(C)OC(=O)N1CCC[C@@H](N)C1.Cc1cnc(N(C(=O)c2ccc(C3=NOC(C)(C)C3=O)cc2)[C@@H]2CCCN(C(=O)OC(C)(C)C)C2)c(C)c1.Cc1cnc(N(C(=O)c2ccc(C3=NOC(C)(C)C3=O)cc2)[C@@H]2CCCNC2)c(C)c1.Cc1cnc(N[C@@H]2CCCN(C(=O)OC(C)(C)C)C2)c(C)c1.[CH3-].[W]. The minimum atomic E-state index is -1.00. The van der Waals surface area contributed by atoms with Crippen LogP contribution in [-0.4, -0.2) is 187 Å². The monoisotopic (exact) mass is 1640 g/mol. The third-order valence-electron chi connectivity index (χ3n) is 18.1. The van der Waals surface area contributed by atoms with E-state index in [9.17, 15) is 33.6 Å². The zero-order valence-electron chi connectivity index (χ0n) is 66.6. The van der Waals surface area contributed by atoms with E-state index in [2.05, 4.69) is 48.9 Å². The molecule has 0 saturated carbocycles. The van der Waals surface area contributed by atoms with Gasteiger partial charge in [-0.1, -0.05) is 52.8 Å². The van der Waals surface area contributed by atoms with E-state index in [1.165, 1.54) is 0 Å². The molecule has 0 bridgehead atoms. The number of aromatic nitrogens is 3. The van der Waals surface area contributed by atoms with Gasteiger partial charge in [0.2, 0.25) is 11.6 Å². The van der Waals surface area contributed by atoms with Crippen LogP contribution < -0.4 is 26.2 Å². The summed E-state index contributed by atoms with van der Waals surface area (Å²) in [6.07, 6.45) is 11.9. The summed E-state index contributed by atoms with van der Waals surface area (Å²) in [7, 11) is 0. The molecule has 3 aromatic heterocycles. The molecule has 4 saturated heterocycles. The molecule has 5 aromatic rings. The van der Waals surface area contributed by atoms with Gasteiger partial charge in [-0.2, -0.15) is 0 Å². The number of benzene rings is 2. The first kappa shape index (κ1) is 87.2. The molecule has 0 aliphatic carbocycles. The molecule has 5 amide bonds. The number of oxime groups is 2. The predicted molar refractivity (Wildman–Crippen MR) is 414 cm³/mol. The van der Waals surface area contributed by atoms with Crippen molar-refractivity contribution in [1.82, 2.24) is 35.0 Å². The average molecular weight is 1650 g/mol. The van der Waals surface area contributed by atoms with Crippen molar-refractivity contribution in [3.63, 3.8) is 0 Å². The molecule has 6 aliphatic rings. The molecule has 0 radical (unpaired) electrons. The number of piperidine rings is 4. The van der Waals surface area contributed by atoms with E-state index in [1.807, 2.05) is 120 Å². The number of ether oxygens (including phenoxy) is 3. The maximum Gasteiger partial charge on any atom is 0.410 e. The molecular weight excluding hydrogens is 1530 g/mol. The fourth-order valence-corrected chi connectivity index (χ4v) is 12.9. The fourth-order valence-electron chi connectivity index (χ4n) is 12.9. The molecule has 2 aromatic carbocycles. The van der Waals surface area contributed by atoms with Crippen molar-refractivity contribution < 1.29 is 78.5 Å². The van der Waals surface area contributed by atoms with Crippen molar-refractivity contribution in [2.75, 3.05) is 67.5 Å². The first-order valence-electron chi connectivity index (χ1n) is 36.6. The minimum Gasteiger partial charge on any atom is -0.444 e. The Labute approximate surface area is 647 Å². The molecule has 4 N–H and O–H groups in total. The van der Waals surface area contributed by atoms with Gasteiger partial charge in [-0.25, -0.2) is 29.3 Å². The Morgan fingerprint density at radius 1 is 0.533 bits per heavy atom. The van der Waals surface area contributed by atoms with Gasteiger partial charge in [0.25, 0.3) is 11.8 Å². The number of carbonyl (C=O) groups excluding carboxylic acids is 7. The number of pyridine rings is 3. The number of carbonyl (C=O) groups is 7. The Hall–Kier alpha value is -8.67. The zero-order valence-corrected chi connectivity index (χ0v) is 69.5. The predicted octanol–water partition coefficient (Wildman–Crippen LogP) is 13.3. The molecule has 582 valence electrons. The van der Waals surface area contributed by atoms with Crippen LogP contribution in [0.2, 0.25) is 0 Å². The third kappa shape index (κ3) is 24.2. The van der Waals surface area contributed by atoms with Crippen LogP contribution in [0, 0.1) is 49.0 Å². The van der Waals surface area contributed by atoms with Crippen molar-refractivity contribution in [3.8, 4) is 0 Å². The Morgan fingerprint density at radius 3 is 1.30 bits per heavy atom. The van der Waals surface area contributed by atoms with E-state index in [-0.39, 0.29) is 106 Å². The fraction of sp³-hybridized carbons (Fsp3) is 0.543. The number of rotatable bonds is 10. The number of nitrogens with zero attached hydrogens (tertiary/aromatic N) is 10. The largest absolute Gasteiger partial charge is 0.444 e. The minimum absolute atomic E-state index is 0. The molecule has 25 nitrogen and oxygen atoms in total. The Bertz CT molecular complexity index is 4010. The van der Waals surface area contributed by atoms with Gasteiger partial charge < -0.3 is 62.4 Å². The Morgan fingerprint density at radius 2 is 0.916 bits per heavy atom. The number of hydrogen-bond donors (Lipinski definition) is 3. The van der Waals surface area contributed by atoms with Crippen LogP contribution in [0.1, 0.15) is 207 Å². The van der Waals surface area contributed by atoms with Gasteiger partial charge in [0.1, 0.15) is 34.3 Å². The van der Waals surface area contributed by atoms with E-state index in [1.54, 1.807) is 108 Å². The Balaban J connectivity index is 0.000000234. The number of Topliss-reactive ketones (excluding diaryl/α,β-unsaturated/α-hetero) is 2. The third-order valence-corrected chi connectivity index (χ3v) is 18.1. The number of likely N-dealkylation sites (tertiary alicyclic amines) is 3. The second kappa shape index (κ2) is 37.0. The molecule has 4 atom stereocenters. The van der Waals surface area contributed by atoms with Crippen LogP contribution in [0.15, 0.2) is 95.6 Å². The molecule has 0 unspecified atom stereocenters. The molecular formula is C81H114N13O12W-. The van der Waals surface area contributed by atoms with Crippen molar-refractivity contribution in [1.29, 1.82) is 0 Å². The summed E-state index contributed by atoms with van der Waals surface area (Å²) in [5, 5.41) is 14.8. The van der Waals surface area contributed by atoms with Crippen LogP contribution in [0.25, 0.3) is 0 Å². The standard InChI is InChI=1S/C29H36N4O5.C24H28N4O3.C17H27N3O2.C10H20N2O2.CH3.W/c1-18-15-19(2)25(30-16-18)33(22-9-8-14-32(17-22)27(36)37-28(3,4)5)26(35)21-12-10-20(11-13-21)23-24(34)29(6,7)38-31-23;1-15-12-16(2)22(26-13-15)28(19-6-5-11-25-14-19)23(30)18-9-7-17(8-10-18)20-21(29)24(3,4)31-27-20;1-12-9-13(2)15(18-10-12)19-14-7-6-8-20(11-14)16(21)22-17(3,4)5;1-10(2,3)14-9(13)12-6-4-5-8(11)7-12;;/h10-13,15-16,22H,8-9,14,17H2,1-7H3;7-10,12-13,19,25H,5-6,11,14H2,1-4H3;9-10,14H,6-8,11H2,1-5H3,(H,18,19);8H,4-7,11H2,1-3H3;1H3;/q;;;;-1;/t22-;19-;14-;8-;;/m1111../s1. The number of ketones is 2. The topological polar surface area (TPSA) is 295 Å². The van der Waals surface area contributed by atoms with Crippen molar-refractivity contribution in [2.24, 2.45) is 16.0 Å². The van der Waals surface area contributed by atoms with Gasteiger partial charge in [-0.15, -0.1) is 0 Å². The number of nitrogens with two attached hydrogens (primary N) is 1. The summed E-state index contributed by atoms with van der Waals surface area (Å²) in [4.78, 5) is 122. The van der Waals surface area contributed by atoms with Gasteiger partial charge >= 0.3 is 18.3 Å². The van der Waals surface area contributed by atoms with Crippen molar-refractivity contribution in [3.05, 3.63) is 148 Å². The summed E-state index contributed by atoms with van der Waals surface area (Å²) in [5.74, 6) is 1.45. The molecule has 0 spiro atoms. The van der Waals surface area contributed by atoms with E-state index in [0.717, 1.165) is 117 Å². The van der Waals surface area contributed by atoms with Gasteiger partial charge in [-0.05, 0) is 247 Å². The number of aryl methyl sites for hydroxylation is 6. The quantitative estimate of drug-likeness (QED) is 0.0864. The average Bonchev–Trinajstić information content (AvgIpc) is 1.77. The summed E-state index contributed by atoms with van der Waals surface area (Å²) in [6.45, 7) is 40.9. The molecule has 4 fully saturated rings. The molecule has 6 aliphatic heterocycles. The van der Waals surface area contributed by atoms with Gasteiger partial charge in [0, 0.05) is 120 Å². The van der Waals surface area contributed by atoms with Crippen LogP contribution in [0.4, 0.5) is 31.8 Å². The molecule has 11 rings (SSSR count). The summed E-state index contributed by atoms with van der Waals surface area (Å²) < 4.78 is 16.3. The number of anilines is 3. The summed E-state index contributed by atoms with van der Waals surface area (Å²) >= 11 is 0. The van der Waals surface area contributed by atoms with Crippen LogP contribution >= 0.6 is 0 Å². The first-order chi connectivity index (χ1) is 49.2.